The molecule has 0 saturated heterocycles. The fraction of sp³-hybridized carbons (Fsp3) is 0.304. The van der Waals surface area contributed by atoms with Gasteiger partial charge in [0.2, 0.25) is 11.8 Å². The van der Waals surface area contributed by atoms with Gasteiger partial charge in [0.05, 0.1) is 30.9 Å². The van der Waals surface area contributed by atoms with Crippen LogP contribution in [0.25, 0.3) is 11.0 Å². The number of methoxy groups -OCH3 is 2. The molecule has 0 bridgehead atoms. The molecule has 32 heavy (non-hydrogen) atoms. The fourth-order valence-electron chi connectivity index (χ4n) is 3.32. The lowest BCUT2D eigenvalue weighted by Gasteiger charge is -2.14. The molecule has 168 valence electrons. The van der Waals surface area contributed by atoms with Gasteiger partial charge >= 0.3 is 0 Å². The van der Waals surface area contributed by atoms with Gasteiger partial charge in [-0.3, -0.25) is 19.0 Å². The number of hydrogen-bond acceptors (Lipinski definition) is 6. The molecule has 1 aromatic heterocycles. The molecule has 2 amide bonds. The summed E-state index contributed by atoms with van der Waals surface area (Å²) in [4.78, 5) is 42.2. The van der Waals surface area contributed by atoms with E-state index in [-0.39, 0.29) is 31.0 Å². The normalized spacial score (nSPS) is 10.6. The van der Waals surface area contributed by atoms with Crippen molar-refractivity contribution in [3.8, 4) is 11.5 Å². The number of aromatic nitrogens is 2. The van der Waals surface area contributed by atoms with Gasteiger partial charge in [-0.2, -0.15) is 0 Å². The summed E-state index contributed by atoms with van der Waals surface area (Å²) in [5.41, 5.74) is 1.42. The highest BCUT2D eigenvalue weighted by molar-refractivity contribution is 5.93. The Morgan fingerprint density at radius 1 is 1.06 bits per heavy atom. The first-order valence-electron chi connectivity index (χ1n) is 10.2. The number of nitrogens with one attached hydrogen (secondary N) is 2. The third kappa shape index (κ3) is 5.23. The van der Waals surface area contributed by atoms with Crippen LogP contribution in [0, 0.1) is 0 Å². The molecule has 3 rings (SSSR count). The molecular weight excluding hydrogens is 412 g/mol. The van der Waals surface area contributed by atoms with Crippen molar-refractivity contribution in [2.24, 2.45) is 0 Å². The Bertz CT molecular complexity index is 1190. The Morgan fingerprint density at radius 3 is 2.56 bits per heavy atom. The number of para-hydroxylation sites is 2. The number of rotatable bonds is 9. The molecule has 0 aliphatic carbocycles. The smallest absolute Gasteiger partial charge is 0.273 e. The third-order valence-electron chi connectivity index (χ3n) is 4.87. The topological polar surface area (TPSA) is 112 Å². The molecule has 0 spiro atoms. The van der Waals surface area contributed by atoms with Crippen LogP contribution in [0.1, 0.15) is 19.0 Å². The van der Waals surface area contributed by atoms with E-state index in [0.717, 1.165) is 0 Å². The van der Waals surface area contributed by atoms with Crippen molar-refractivity contribution in [2.45, 2.75) is 26.3 Å². The van der Waals surface area contributed by atoms with Gasteiger partial charge in [-0.15, -0.1) is 0 Å². The Morgan fingerprint density at radius 2 is 1.84 bits per heavy atom. The number of amides is 2. The quantitative estimate of drug-likeness (QED) is 0.529. The highest BCUT2D eigenvalue weighted by Crippen LogP contribution is 2.29. The fourth-order valence-corrected chi connectivity index (χ4v) is 3.32. The van der Waals surface area contributed by atoms with Gasteiger partial charge in [-0.05, 0) is 31.2 Å². The van der Waals surface area contributed by atoms with Gasteiger partial charge < -0.3 is 20.1 Å². The minimum atomic E-state index is -0.401. The van der Waals surface area contributed by atoms with Gasteiger partial charge in [0.15, 0.2) is 0 Å². The van der Waals surface area contributed by atoms with Crippen LogP contribution in [0.3, 0.4) is 0 Å². The summed E-state index contributed by atoms with van der Waals surface area (Å²) < 4.78 is 11.9. The van der Waals surface area contributed by atoms with Crippen LogP contribution in [0.5, 0.6) is 11.5 Å². The first-order valence-corrected chi connectivity index (χ1v) is 10.2. The summed E-state index contributed by atoms with van der Waals surface area (Å²) in [5.74, 6) is 0.472. The first-order chi connectivity index (χ1) is 15.5. The average molecular weight is 438 g/mol. The number of aryl methyl sites for hydroxylation is 1. The van der Waals surface area contributed by atoms with E-state index >= 15 is 0 Å². The maximum atomic E-state index is 13.1. The molecule has 9 heteroatoms. The zero-order chi connectivity index (χ0) is 23.1. The van der Waals surface area contributed by atoms with Crippen LogP contribution in [-0.2, 0) is 22.6 Å². The summed E-state index contributed by atoms with van der Waals surface area (Å²) in [5, 5.41) is 5.48. The molecule has 0 unspecified atom stereocenters. The lowest BCUT2D eigenvalue weighted by atomic mass is 10.2. The molecule has 3 aromatic rings. The molecule has 0 saturated carbocycles. The SMILES string of the molecule is CCNC(=O)CCc1nc2ccccc2n(CC(=O)Nc2ccc(OC)cc2OC)c1=O. The molecule has 0 fully saturated rings. The van der Waals surface area contributed by atoms with Gasteiger partial charge in [0.1, 0.15) is 23.7 Å². The molecule has 2 aromatic carbocycles. The molecule has 0 aliphatic rings. The number of carbonyl (C=O) groups excluding carboxylic acids is 2. The van der Waals surface area contributed by atoms with Gasteiger partial charge in [-0.1, -0.05) is 12.1 Å². The highest BCUT2D eigenvalue weighted by Gasteiger charge is 2.16. The van der Waals surface area contributed by atoms with Crippen molar-refractivity contribution in [3.63, 3.8) is 0 Å². The van der Waals surface area contributed by atoms with Crippen molar-refractivity contribution < 1.29 is 19.1 Å². The zero-order valence-corrected chi connectivity index (χ0v) is 18.3. The van der Waals surface area contributed by atoms with Crippen LogP contribution >= 0.6 is 0 Å². The predicted molar refractivity (Wildman–Crippen MR) is 121 cm³/mol. The molecule has 1 heterocycles. The zero-order valence-electron chi connectivity index (χ0n) is 18.3. The van der Waals surface area contributed by atoms with E-state index in [1.54, 1.807) is 42.5 Å². The maximum absolute atomic E-state index is 13.1. The summed E-state index contributed by atoms with van der Waals surface area (Å²) in [6.07, 6.45) is 0.326. The third-order valence-corrected chi connectivity index (χ3v) is 4.87. The number of benzene rings is 2. The maximum Gasteiger partial charge on any atom is 0.273 e. The van der Waals surface area contributed by atoms with Gasteiger partial charge in [0.25, 0.3) is 5.56 Å². The second-order valence-corrected chi connectivity index (χ2v) is 7.01. The van der Waals surface area contributed by atoms with Crippen LogP contribution in [0.4, 0.5) is 5.69 Å². The van der Waals surface area contributed by atoms with E-state index in [4.69, 9.17) is 9.47 Å². The van der Waals surface area contributed by atoms with Crippen LogP contribution in [0.2, 0.25) is 0 Å². The van der Waals surface area contributed by atoms with Crippen LogP contribution in [0.15, 0.2) is 47.3 Å². The van der Waals surface area contributed by atoms with Crippen LogP contribution in [-0.4, -0.2) is 42.1 Å². The van der Waals surface area contributed by atoms with E-state index in [9.17, 15) is 14.4 Å². The molecule has 0 atom stereocenters. The highest BCUT2D eigenvalue weighted by atomic mass is 16.5. The van der Waals surface area contributed by atoms with E-state index in [1.807, 2.05) is 6.92 Å². The molecule has 0 radical (unpaired) electrons. The number of fused-ring (bicyclic) bond motifs is 1. The number of nitrogens with zero attached hydrogens (tertiary/aromatic N) is 2. The lowest BCUT2D eigenvalue weighted by molar-refractivity contribution is -0.121. The van der Waals surface area contributed by atoms with E-state index < -0.39 is 11.5 Å². The number of anilines is 1. The van der Waals surface area contributed by atoms with Gasteiger partial charge in [-0.25, -0.2) is 4.98 Å². The second-order valence-electron chi connectivity index (χ2n) is 7.01. The molecule has 2 N–H and O–H groups in total. The van der Waals surface area contributed by atoms with Crippen molar-refractivity contribution in [1.29, 1.82) is 0 Å². The second kappa shape index (κ2) is 10.4. The Kier molecular flexibility index (Phi) is 7.43. The summed E-state index contributed by atoms with van der Waals surface area (Å²) in [6, 6.07) is 12.1. The van der Waals surface area contributed by atoms with Crippen molar-refractivity contribution >= 4 is 28.5 Å². The number of ether oxygens (including phenoxy) is 2. The molecule has 9 nitrogen and oxygen atoms in total. The Labute approximate surface area is 185 Å². The largest absolute Gasteiger partial charge is 0.497 e. The minimum absolute atomic E-state index is 0.143. The van der Waals surface area contributed by atoms with E-state index in [2.05, 4.69) is 15.6 Å². The van der Waals surface area contributed by atoms with E-state index in [0.29, 0.717) is 34.8 Å². The molecule has 0 aliphatic heterocycles. The molecular formula is C23H26N4O5. The van der Waals surface area contributed by atoms with Crippen molar-refractivity contribution in [2.75, 3.05) is 26.1 Å². The summed E-state index contributed by atoms with van der Waals surface area (Å²) >= 11 is 0. The first kappa shape index (κ1) is 22.8. The average Bonchev–Trinajstić information content (AvgIpc) is 2.80. The van der Waals surface area contributed by atoms with E-state index in [1.165, 1.54) is 18.8 Å². The monoisotopic (exact) mass is 438 g/mol. The Balaban J connectivity index is 1.89. The van der Waals surface area contributed by atoms with Crippen LogP contribution < -0.4 is 25.7 Å². The number of hydrogen-bond donors (Lipinski definition) is 2. The van der Waals surface area contributed by atoms with Crippen molar-refractivity contribution in [1.82, 2.24) is 14.9 Å². The van der Waals surface area contributed by atoms with Crippen molar-refractivity contribution in [3.05, 3.63) is 58.5 Å². The predicted octanol–water partition coefficient (Wildman–Crippen LogP) is 2.12. The summed E-state index contributed by atoms with van der Waals surface area (Å²) in [6.45, 7) is 2.13. The lowest BCUT2D eigenvalue weighted by Crippen LogP contribution is -2.32. The number of carbonyl (C=O) groups is 2. The van der Waals surface area contributed by atoms with Gasteiger partial charge in [0, 0.05) is 25.5 Å². The standard InChI is InChI=1S/C23H26N4O5/c1-4-24-21(28)12-11-18-23(30)27(19-8-6-5-7-16(19)25-18)14-22(29)26-17-10-9-15(31-2)13-20(17)32-3/h5-10,13H,4,11-12,14H2,1-3H3,(H,24,28)(H,26,29). The summed E-state index contributed by atoms with van der Waals surface area (Å²) in [7, 11) is 3.03. The minimum Gasteiger partial charge on any atom is -0.497 e. The Hall–Kier alpha value is -3.88.